The van der Waals surface area contributed by atoms with Gasteiger partial charge in [0.1, 0.15) is 5.75 Å². The lowest BCUT2D eigenvalue weighted by molar-refractivity contribution is -0.127. The van der Waals surface area contributed by atoms with Gasteiger partial charge in [-0.15, -0.1) is 0 Å². The zero-order valence-corrected chi connectivity index (χ0v) is 11.9. The van der Waals surface area contributed by atoms with E-state index in [4.69, 9.17) is 4.74 Å². The molecular weight excluding hydrogens is 226 g/mol. The van der Waals surface area contributed by atoms with Crippen LogP contribution in [0.15, 0.2) is 18.2 Å². The fourth-order valence-electron chi connectivity index (χ4n) is 1.56. The lowest BCUT2D eigenvalue weighted by Gasteiger charge is -2.19. The number of ether oxygens (including phenoxy) is 1. The first-order chi connectivity index (χ1) is 8.45. The molecule has 0 fully saturated rings. The molecular formula is C15H23NO2. The summed E-state index contributed by atoms with van der Waals surface area (Å²) >= 11 is 0. The first kappa shape index (κ1) is 14.6. The second kappa shape index (κ2) is 6.43. The molecule has 0 saturated heterocycles. The number of nitrogens with one attached hydrogen (secondary N) is 1. The molecule has 0 aromatic heterocycles. The number of hydrogen-bond donors (Lipinski definition) is 1. The zero-order chi connectivity index (χ0) is 13.7. The highest BCUT2D eigenvalue weighted by Gasteiger charge is 2.17. The van der Waals surface area contributed by atoms with Crippen molar-refractivity contribution in [3.8, 4) is 5.75 Å². The van der Waals surface area contributed by atoms with Gasteiger partial charge < -0.3 is 10.1 Å². The molecule has 0 spiro atoms. The summed E-state index contributed by atoms with van der Waals surface area (Å²) in [5, 5.41) is 2.92. The Morgan fingerprint density at radius 1 is 1.33 bits per heavy atom. The highest BCUT2D eigenvalue weighted by Crippen LogP contribution is 2.21. The summed E-state index contributed by atoms with van der Waals surface area (Å²) in [7, 11) is 0. The van der Waals surface area contributed by atoms with E-state index in [1.807, 2.05) is 45.9 Å². The molecule has 3 nitrogen and oxygen atoms in total. The van der Waals surface area contributed by atoms with Crippen molar-refractivity contribution in [2.45, 2.75) is 53.2 Å². The van der Waals surface area contributed by atoms with Crippen LogP contribution in [-0.2, 0) is 4.79 Å². The second-order valence-corrected chi connectivity index (χ2v) is 4.78. The summed E-state index contributed by atoms with van der Waals surface area (Å²) in [6, 6.07) is 6.06. The second-order valence-electron chi connectivity index (χ2n) is 4.78. The lowest BCUT2D eigenvalue weighted by atomic mass is 10.1. The Kier molecular flexibility index (Phi) is 5.20. The van der Waals surface area contributed by atoms with E-state index in [-0.39, 0.29) is 11.9 Å². The molecule has 0 aliphatic carbocycles. The Labute approximate surface area is 110 Å². The summed E-state index contributed by atoms with van der Waals surface area (Å²) < 4.78 is 5.72. The predicted molar refractivity (Wildman–Crippen MR) is 73.9 cm³/mol. The molecule has 1 aromatic carbocycles. The monoisotopic (exact) mass is 249 g/mol. The van der Waals surface area contributed by atoms with Gasteiger partial charge in [-0.2, -0.15) is 0 Å². The molecule has 3 heteroatoms. The topological polar surface area (TPSA) is 38.3 Å². The van der Waals surface area contributed by atoms with Crippen molar-refractivity contribution >= 4 is 5.91 Å². The van der Waals surface area contributed by atoms with Crippen molar-refractivity contribution in [2.24, 2.45) is 0 Å². The van der Waals surface area contributed by atoms with Crippen molar-refractivity contribution < 1.29 is 9.53 Å². The molecule has 1 rings (SSSR count). The maximum Gasteiger partial charge on any atom is 0.260 e. The molecule has 100 valence electrons. The van der Waals surface area contributed by atoms with Gasteiger partial charge in [-0.3, -0.25) is 4.79 Å². The highest BCUT2D eigenvalue weighted by atomic mass is 16.5. The summed E-state index contributed by atoms with van der Waals surface area (Å²) in [5.41, 5.74) is 2.25. The summed E-state index contributed by atoms with van der Waals surface area (Å²) in [4.78, 5) is 11.9. The van der Waals surface area contributed by atoms with Crippen LogP contribution in [0, 0.1) is 13.8 Å². The van der Waals surface area contributed by atoms with Crippen LogP contribution in [0.2, 0.25) is 0 Å². The number of carbonyl (C=O) groups excluding carboxylic acids is 1. The molecule has 18 heavy (non-hydrogen) atoms. The van der Waals surface area contributed by atoms with Crippen LogP contribution in [0.25, 0.3) is 0 Å². The molecule has 0 heterocycles. The predicted octanol–water partition coefficient (Wildman–Crippen LogP) is 2.99. The van der Waals surface area contributed by atoms with E-state index in [1.54, 1.807) is 6.92 Å². The fraction of sp³-hybridized carbons (Fsp3) is 0.533. The fourth-order valence-corrected chi connectivity index (χ4v) is 1.56. The van der Waals surface area contributed by atoms with Crippen LogP contribution in [-0.4, -0.2) is 18.1 Å². The third kappa shape index (κ3) is 3.76. The normalized spacial score (nSPS) is 13.8. The van der Waals surface area contributed by atoms with Gasteiger partial charge in [-0.25, -0.2) is 0 Å². The summed E-state index contributed by atoms with van der Waals surface area (Å²) in [6.07, 6.45) is 0.446. The van der Waals surface area contributed by atoms with Crippen LogP contribution >= 0.6 is 0 Å². The van der Waals surface area contributed by atoms with Gasteiger partial charge in [0.05, 0.1) is 0 Å². The largest absolute Gasteiger partial charge is 0.481 e. The first-order valence-corrected chi connectivity index (χ1v) is 6.49. The number of rotatable bonds is 5. The van der Waals surface area contributed by atoms with Crippen LogP contribution < -0.4 is 10.1 Å². The van der Waals surface area contributed by atoms with Crippen molar-refractivity contribution in [3.63, 3.8) is 0 Å². The average Bonchev–Trinajstić information content (AvgIpc) is 2.34. The third-order valence-electron chi connectivity index (χ3n) is 3.23. The molecule has 1 N–H and O–H groups in total. The highest BCUT2D eigenvalue weighted by molar-refractivity contribution is 5.81. The lowest BCUT2D eigenvalue weighted by Crippen LogP contribution is -2.41. The van der Waals surface area contributed by atoms with Gasteiger partial charge in [0.25, 0.3) is 5.91 Å². The Balaban J connectivity index is 2.67. The van der Waals surface area contributed by atoms with Crippen molar-refractivity contribution in [2.75, 3.05) is 0 Å². The molecule has 0 bridgehead atoms. The molecule has 0 aliphatic rings. The van der Waals surface area contributed by atoms with Crippen LogP contribution in [0.1, 0.15) is 38.3 Å². The van der Waals surface area contributed by atoms with E-state index in [9.17, 15) is 4.79 Å². The van der Waals surface area contributed by atoms with Crippen LogP contribution in [0.5, 0.6) is 5.75 Å². The van der Waals surface area contributed by atoms with Crippen molar-refractivity contribution in [1.82, 2.24) is 5.32 Å². The van der Waals surface area contributed by atoms with Crippen LogP contribution in [0.3, 0.4) is 0 Å². The molecule has 0 aliphatic heterocycles. The quantitative estimate of drug-likeness (QED) is 0.871. The van der Waals surface area contributed by atoms with E-state index >= 15 is 0 Å². The van der Waals surface area contributed by atoms with Crippen molar-refractivity contribution in [1.29, 1.82) is 0 Å². The molecule has 1 aromatic rings. The first-order valence-electron chi connectivity index (χ1n) is 6.49. The molecule has 2 atom stereocenters. The Morgan fingerprint density at radius 2 is 2.00 bits per heavy atom. The van der Waals surface area contributed by atoms with E-state index in [1.165, 1.54) is 5.56 Å². The molecule has 1 amide bonds. The standard InChI is InChI=1S/C15H23NO2/c1-6-11(3)16-15(17)13(5)18-14-9-7-8-10(2)12(14)4/h7-9,11,13H,6H2,1-5H3,(H,16,17). The average molecular weight is 249 g/mol. The van der Waals surface area contributed by atoms with E-state index in [0.717, 1.165) is 17.7 Å². The minimum absolute atomic E-state index is 0.0646. The van der Waals surface area contributed by atoms with Gasteiger partial charge in [0, 0.05) is 6.04 Å². The molecule has 0 radical (unpaired) electrons. The van der Waals surface area contributed by atoms with E-state index < -0.39 is 6.10 Å². The maximum atomic E-state index is 11.9. The van der Waals surface area contributed by atoms with Gasteiger partial charge in [0.15, 0.2) is 6.10 Å². The SMILES string of the molecule is CCC(C)NC(=O)C(C)Oc1cccc(C)c1C. The third-order valence-corrected chi connectivity index (χ3v) is 3.23. The van der Waals surface area contributed by atoms with Gasteiger partial charge in [0.2, 0.25) is 0 Å². The van der Waals surface area contributed by atoms with E-state index in [0.29, 0.717) is 0 Å². The number of aryl methyl sites for hydroxylation is 1. The Bertz CT molecular complexity index is 415. The van der Waals surface area contributed by atoms with E-state index in [2.05, 4.69) is 5.32 Å². The number of benzene rings is 1. The number of carbonyl (C=O) groups is 1. The number of amides is 1. The summed E-state index contributed by atoms with van der Waals surface area (Å²) in [6.45, 7) is 9.85. The Morgan fingerprint density at radius 3 is 2.61 bits per heavy atom. The van der Waals surface area contributed by atoms with Gasteiger partial charge in [-0.1, -0.05) is 19.1 Å². The maximum absolute atomic E-state index is 11.9. The van der Waals surface area contributed by atoms with Gasteiger partial charge in [-0.05, 0) is 51.3 Å². The van der Waals surface area contributed by atoms with Gasteiger partial charge >= 0.3 is 0 Å². The smallest absolute Gasteiger partial charge is 0.260 e. The number of hydrogen-bond acceptors (Lipinski definition) is 2. The Hall–Kier alpha value is -1.51. The van der Waals surface area contributed by atoms with Crippen LogP contribution in [0.4, 0.5) is 0 Å². The minimum atomic E-state index is -0.473. The molecule has 2 unspecified atom stereocenters. The summed E-state index contributed by atoms with van der Waals surface area (Å²) in [5.74, 6) is 0.715. The molecule has 0 saturated carbocycles. The minimum Gasteiger partial charge on any atom is -0.481 e. The van der Waals surface area contributed by atoms with Crippen molar-refractivity contribution in [3.05, 3.63) is 29.3 Å². The zero-order valence-electron chi connectivity index (χ0n) is 11.9.